The number of nitrogens with zero attached hydrogens (tertiary/aromatic N) is 7. The van der Waals surface area contributed by atoms with Crippen molar-refractivity contribution in [3.8, 4) is 57.3 Å². The summed E-state index contributed by atoms with van der Waals surface area (Å²) in [6.45, 7) is 0. The molecular formula is C58H35N7. The third kappa shape index (κ3) is 5.64. The van der Waals surface area contributed by atoms with E-state index in [4.69, 9.17) is 15.0 Å². The van der Waals surface area contributed by atoms with Gasteiger partial charge >= 0.3 is 0 Å². The lowest BCUT2D eigenvalue weighted by atomic mass is 10.1. The molecule has 4 heterocycles. The van der Waals surface area contributed by atoms with Gasteiger partial charge in [0.1, 0.15) is 0 Å². The van der Waals surface area contributed by atoms with Gasteiger partial charge in [0.05, 0.1) is 50.4 Å². The van der Waals surface area contributed by atoms with E-state index in [1.54, 1.807) is 0 Å². The van der Waals surface area contributed by atoms with Crippen molar-refractivity contribution in [3.63, 3.8) is 0 Å². The molecule has 0 aliphatic rings. The lowest BCUT2D eigenvalue weighted by Gasteiger charge is -2.16. The Morgan fingerprint density at radius 1 is 0.354 bits per heavy atom. The molecule has 0 radical (unpaired) electrons. The minimum Gasteiger partial charge on any atom is -0.309 e. The normalized spacial score (nSPS) is 11.7. The van der Waals surface area contributed by atoms with E-state index in [9.17, 15) is 5.26 Å². The number of para-hydroxylation sites is 5. The van der Waals surface area contributed by atoms with E-state index in [1.807, 2.05) is 54.6 Å². The van der Waals surface area contributed by atoms with Crippen LogP contribution in [0.5, 0.6) is 0 Å². The van der Waals surface area contributed by atoms with Crippen LogP contribution < -0.4 is 0 Å². The molecule has 0 saturated heterocycles. The summed E-state index contributed by atoms with van der Waals surface area (Å²) in [6, 6.07) is 76.0. The second-order valence-corrected chi connectivity index (χ2v) is 16.3. The zero-order valence-electron chi connectivity index (χ0n) is 34.8. The van der Waals surface area contributed by atoms with Crippen LogP contribution in [0.3, 0.4) is 0 Å². The monoisotopic (exact) mass is 829 g/mol. The molecule has 0 spiro atoms. The van der Waals surface area contributed by atoms with Crippen molar-refractivity contribution in [1.82, 2.24) is 28.7 Å². The van der Waals surface area contributed by atoms with Crippen molar-refractivity contribution >= 4 is 65.4 Å². The van der Waals surface area contributed by atoms with Crippen molar-refractivity contribution in [2.45, 2.75) is 0 Å². The van der Waals surface area contributed by atoms with Crippen LogP contribution in [0.15, 0.2) is 212 Å². The molecular weight excluding hydrogens is 795 g/mol. The summed E-state index contributed by atoms with van der Waals surface area (Å²) < 4.78 is 7.01. The van der Waals surface area contributed by atoms with Crippen molar-refractivity contribution in [1.29, 1.82) is 5.26 Å². The zero-order chi connectivity index (χ0) is 43.0. The minimum absolute atomic E-state index is 0.470. The molecule has 0 unspecified atom stereocenters. The van der Waals surface area contributed by atoms with Crippen LogP contribution in [0.2, 0.25) is 0 Å². The lowest BCUT2D eigenvalue weighted by molar-refractivity contribution is 1.06. The van der Waals surface area contributed by atoms with Crippen LogP contribution in [-0.2, 0) is 0 Å². The number of fused-ring (bicyclic) bond motifs is 10. The predicted octanol–water partition coefficient (Wildman–Crippen LogP) is 14.0. The first kappa shape index (κ1) is 36.5. The minimum atomic E-state index is 0.470. The number of benzene rings is 9. The summed E-state index contributed by atoms with van der Waals surface area (Å²) in [6.07, 6.45) is 0. The summed E-state index contributed by atoms with van der Waals surface area (Å²) in [4.78, 5) is 15.8. The molecule has 302 valence electrons. The average Bonchev–Trinajstić information content (AvgIpc) is 4.02. The second kappa shape index (κ2) is 14.5. The summed E-state index contributed by atoms with van der Waals surface area (Å²) in [5.41, 5.74) is 12.5. The van der Waals surface area contributed by atoms with E-state index in [1.165, 1.54) is 0 Å². The molecule has 7 nitrogen and oxygen atoms in total. The molecule has 0 aliphatic carbocycles. The molecule has 13 rings (SSSR count). The van der Waals surface area contributed by atoms with Crippen LogP contribution in [0.4, 0.5) is 0 Å². The van der Waals surface area contributed by atoms with E-state index in [0.29, 0.717) is 23.0 Å². The average molecular weight is 830 g/mol. The van der Waals surface area contributed by atoms with Gasteiger partial charge in [0.15, 0.2) is 17.5 Å². The van der Waals surface area contributed by atoms with Gasteiger partial charge in [-0.3, -0.25) is 0 Å². The Balaban J connectivity index is 1.10. The summed E-state index contributed by atoms with van der Waals surface area (Å²) in [7, 11) is 0. The highest BCUT2D eigenvalue weighted by molar-refractivity contribution is 6.26. The van der Waals surface area contributed by atoms with Crippen LogP contribution in [0.25, 0.3) is 117 Å². The Labute approximate surface area is 373 Å². The van der Waals surface area contributed by atoms with Gasteiger partial charge in [-0.1, -0.05) is 127 Å². The van der Waals surface area contributed by atoms with E-state index >= 15 is 0 Å². The third-order valence-electron chi connectivity index (χ3n) is 12.7. The molecule has 9 aromatic carbocycles. The maximum absolute atomic E-state index is 10.5. The quantitative estimate of drug-likeness (QED) is 0.167. The molecule has 0 bridgehead atoms. The van der Waals surface area contributed by atoms with Gasteiger partial charge in [-0.15, -0.1) is 0 Å². The van der Waals surface area contributed by atoms with E-state index in [-0.39, 0.29) is 0 Å². The summed E-state index contributed by atoms with van der Waals surface area (Å²) in [5, 5.41) is 17.2. The highest BCUT2D eigenvalue weighted by Crippen LogP contribution is 2.44. The van der Waals surface area contributed by atoms with Crippen LogP contribution in [0, 0.1) is 11.3 Å². The molecule has 0 atom stereocenters. The lowest BCUT2D eigenvalue weighted by Crippen LogP contribution is -2.04. The van der Waals surface area contributed by atoms with Crippen molar-refractivity contribution < 1.29 is 0 Å². The fourth-order valence-electron chi connectivity index (χ4n) is 9.90. The van der Waals surface area contributed by atoms with Crippen molar-refractivity contribution in [2.24, 2.45) is 0 Å². The topological polar surface area (TPSA) is 77.2 Å². The SMILES string of the molecule is N#Cc1ccc(-n2c3ccccc3c3ccc4c(c5ccccc5n4-c4ccccc4)c32)c(-c2nc(-c3ccccc3)nc(-c3ccc4c(c3)c3ccccc3n4-c3ccccc3)n2)c1. The smallest absolute Gasteiger partial charge is 0.166 e. The maximum Gasteiger partial charge on any atom is 0.166 e. The van der Waals surface area contributed by atoms with Crippen molar-refractivity contribution in [3.05, 3.63) is 218 Å². The molecule has 0 amide bonds. The highest BCUT2D eigenvalue weighted by atomic mass is 15.1. The first-order chi connectivity index (χ1) is 32.2. The Hall–Kier alpha value is -9.12. The number of aromatic nitrogens is 6. The largest absolute Gasteiger partial charge is 0.309 e. The van der Waals surface area contributed by atoms with E-state index in [0.717, 1.165) is 99.2 Å². The fourth-order valence-corrected chi connectivity index (χ4v) is 9.90. The number of hydrogen-bond donors (Lipinski definition) is 0. The van der Waals surface area contributed by atoms with Gasteiger partial charge in [0, 0.05) is 60.4 Å². The van der Waals surface area contributed by atoms with Gasteiger partial charge in [-0.25, -0.2) is 15.0 Å². The number of hydrogen-bond acceptors (Lipinski definition) is 4. The molecule has 0 fully saturated rings. The maximum atomic E-state index is 10.5. The van der Waals surface area contributed by atoms with Gasteiger partial charge in [0.2, 0.25) is 0 Å². The van der Waals surface area contributed by atoms with E-state index in [2.05, 4.69) is 177 Å². The van der Waals surface area contributed by atoms with Crippen LogP contribution in [-0.4, -0.2) is 28.7 Å². The summed E-state index contributed by atoms with van der Waals surface area (Å²) >= 11 is 0. The Bertz CT molecular complexity index is 4060. The predicted molar refractivity (Wildman–Crippen MR) is 264 cm³/mol. The van der Waals surface area contributed by atoms with Gasteiger partial charge in [-0.05, 0) is 84.9 Å². The second-order valence-electron chi connectivity index (χ2n) is 16.3. The Morgan fingerprint density at radius 3 is 1.54 bits per heavy atom. The first-order valence-corrected chi connectivity index (χ1v) is 21.7. The number of rotatable bonds is 6. The molecule has 0 aliphatic heterocycles. The number of nitriles is 1. The molecule has 65 heavy (non-hydrogen) atoms. The van der Waals surface area contributed by atoms with Crippen LogP contribution >= 0.6 is 0 Å². The molecule has 7 heteroatoms. The Kier molecular flexibility index (Phi) is 8.14. The standard InChI is InChI=1S/C58H35N7/c59-36-37-28-31-52(65-49-26-14-10-22-42(49)44-30-33-53-54(55(44)65)45-24-12-15-27-50(45)64(53)41-20-8-3-9-21-41)47(34-37)58-61-56(38-16-4-1-5-17-38)60-57(62-58)39-29-32-51-46(35-39)43-23-11-13-25-48(43)63(51)40-18-6-2-7-19-40/h1-35H. The van der Waals surface area contributed by atoms with Gasteiger partial charge < -0.3 is 13.7 Å². The van der Waals surface area contributed by atoms with Crippen LogP contribution in [0.1, 0.15) is 5.56 Å². The van der Waals surface area contributed by atoms with Gasteiger partial charge in [-0.2, -0.15) is 5.26 Å². The van der Waals surface area contributed by atoms with Gasteiger partial charge in [0.25, 0.3) is 0 Å². The summed E-state index contributed by atoms with van der Waals surface area (Å²) in [5.74, 6) is 1.55. The zero-order valence-corrected chi connectivity index (χ0v) is 34.8. The third-order valence-corrected chi connectivity index (χ3v) is 12.7. The molecule has 0 saturated carbocycles. The highest BCUT2D eigenvalue weighted by Gasteiger charge is 2.24. The molecule has 0 N–H and O–H groups in total. The Morgan fingerprint density at radius 2 is 0.862 bits per heavy atom. The molecule has 13 aromatic rings. The molecule has 4 aromatic heterocycles. The van der Waals surface area contributed by atoms with E-state index < -0.39 is 0 Å². The first-order valence-electron chi connectivity index (χ1n) is 21.7. The fraction of sp³-hybridized carbons (Fsp3) is 0. The van der Waals surface area contributed by atoms with Crippen molar-refractivity contribution in [2.75, 3.05) is 0 Å².